The standard InChI is InChI=1S/C25H24ClFN4O3/c26-19-2-1-3-21(14-19)31-15-18(13-23(31)32)25(33)30-10-8-16(9-11-30)12-22-28-24(29-34-22)17-4-6-20(27)7-5-17/h1-7,14,16,18H,8-13,15H2. The van der Waals surface area contributed by atoms with Crippen LogP contribution >= 0.6 is 11.6 Å². The van der Waals surface area contributed by atoms with E-state index >= 15 is 0 Å². The molecule has 0 N–H and O–H groups in total. The first-order valence-corrected chi connectivity index (χ1v) is 11.8. The van der Waals surface area contributed by atoms with E-state index in [1.807, 2.05) is 11.0 Å². The Morgan fingerprint density at radius 3 is 2.65 bits per heavy atom. The van der Waals surface area contributed by atoms with Crippen LogP contribution in [0.1, 0.15) is 25.2 Å². The molecule has 2 aliphatic rings. The van der Waals surface area contributed by atoms with Crippen LogP contribution in [-0.4, -0.2) is 46.5 Å². The smallest absolute Gasteiger partial charge is 0.228 e. The second kappa shape index (κ2) is 9.54. The Morgan fingerprint density at radius 1 is 1.15 bits per heavy atom. The summed E-state index contributed by atoms with van der Waals surface area (Å²) < 4.78 is 18.5. The maximum absolute atomic E-state index is 13.1. The molecule has 1 unspecified atom stereocenters. The molecular formula is C25H24ClFN4O3. The highest BCUT2D eigenvalue weighted by Crippen LogP contribution is 2.30. The number of halogens is 2. The maximum Gasteiger partial charge on any atom is 0.228 e. The van der Waals surface area contributed by atoms with E-state index in [0.717, 1.165) is 18.5 Å². The lowest BCUT2D eigenvalue weighted by Gasteiger charge is -2.33. The zero-order chi connectivity index (χ0) is 23.7. The summed E-state index contributed by atoms with van der Waals surface area (Å²) in [4.78, 5) is 33.6. The molecule has 0 spiro atoms. The Balaban J connectivity index is 1.14. The third-order valence-corrected chi connectivity index (χ3v) is 6.79. The highest BCUT2D eigenvalue weighted by molar-refractivity contribution is 6.31. The minimum Gasteiger partial charge on any atom is -0.342 e. The third kappa shape index (κ3) is 4.82. The zero-order valence-corrected chi connectivity index (χ0v) is 19.2. The van der Waals surface area contributed by atoms with Crippen molar-refractivity contribution in [2.45, 2.75) is 25.7 Å². The number of nitrogens with zero attached hydrogens (tertiary/aromatic N) is 4. The molecule has 2 saturated heterocycles. The number of anilines is 1. The predicted octanol–water partition coefficient (Wildman–Crippen LogP) is 4.36. The number of benzene rings is 2. The molecule has 0 bridgehead atoms. The van der Waals surface area contributed by atoms with Crippen molar-refractivity contribution in [3.05, 3.63) is 65.3 Å². The van der Waals surface area contributed by atoms with Crippen molar-refractivity contribution in [1.29, 1.82) is 0 Å². The molecule has 1 aromatic heterocycles. The van der Waals surface area contributed by atoms with Crippen LogP contribution in [-0.2, 0) is 16.0 Å². The molecule has 2 amide bonds. The minimum atomic E-state index is -0.336. The normalized spacial score (nSPS) is 19.1. The number of carbonyl (C=O) groups excluding carboxylic acids is 2. The molecule has 0 saturated carbocycles. The number of hydrogen-bond donors (Lipinski definition) is 0. The highest BCUT2D eigenvalue weighted by atomic mass is 35.5. The van der Waals surface area contributed by atoms with Gasteiger partial charge >= 0.3 is 0 Å². The average molecular weight is 483 g/mol. The number of amides is 2. The van der Waals surface area contributed by atoms with E-state index in [1.165, 1.54) is 12.1 Å². The largest absolute Gasteiger partial charge is 0.342 e. The van der Waals surface area contributed by atoms with Crippen molar-refractivity contribution in [3.8, 4) is 11.4 Å². The summed E-state index contributed by atoms with van der Waals surface area (Å²) in [6, 6.07) is 13.1. The number of aromatic nitrogens is 2. The second-order valence-corrected chi connectivity index (χ2v) is 9.31. The predicted molar refractivity (Wildman–Crippen MR) is 125 cm³/mol. The fourth-order valence-corrected chi connectivity index (χ4v) is 4.87. The van der Waals surface area contributed by atoms with Crippen LogP contribution in [0.4, 0.5) is 10.1 Å². The molecule has 5 rings (SSSR count). The van der Waals surface area contributed by atoms with E-state index in [9.17, 15) is 14.0 Å². The lowest BCUT2D eigenvalue weighted by atomic mass is 9.92. The van der Waals surface area contributed by atoms with Crippen LogP contribution in [0.2, 0.25) is 5.02 Å². The molecule has 9 heteroatoms. The summed E-state index contributed by atoms with van der Waals surface area (Å²) in [5.74, 6) is 0.654. The minimum absolute atomic E-state index is 0.0349. The van der Waals surface area contributed by atoms with Crippen LogP contribution in [0.3, 0.4) is 0 Å². The molecule has 7 nitrogen and oxygen atoms in total. The van der Waals surface area contributed by atoms with Crippen LogP contribution in [0, 0.1) is 17.7 Å². The lowest BCUT2D eigenvalue weighted by Crippen LogP contribution is -2.42. The van der Waals surface area contributed by atoms with E-state index in [1.54, 1.807) is 35.2 Å². The average Bonchev–Trinajstić information content (AvgIpc) is 3.46. The number of rotatable bonds is 5. The van der Waals surface area contributed by atoms with Crippen molar-refractivity contribution in [2.24, 2.45) is 11.8 Å². The van der Waals surface area contributed by atoms with Gasteiger partial charge in [-0.2, -0.15) is 4.98 Å². The van der Waals surface area contributed by atoms with Gasteiger partial charge in [-0.3, -0.25) is 9.59 Å². The first kappa shape index (κ1) is 22.5. The Bertz CT molecular complexity index is 1190. The number of carbonyl (C=O) groups is 2. The number of hydrogen-bond acceptors (Lipinski definition) is 5. The van der Waals surface area contributed by atoms with E-state index in [2.05, 4.69) is 10.1 Å². The second-order valence-electron chi connectivity index (χ2n) is 8.88. The fourth-order valence-electron chi connectivity index (χ4n) is 4.68. The Kier molecular flexibility index (Phi) is 6.32. The van der Waals surface area contributed by atoms with Crippen molar-refractivity contribution in [1.82, 2.24) is 15.0 Å². The summed E-state index contributed by atoms with van der Waals surface area (Å²) in [5, 5.41) is 4.57. The Morgan fingerprint density at radius 2 is 1.91 bits per heavy atom. The lowest BCUT2D eigenvalue weighted by molar-refractivity contribution is -0.137. The molecule has 2 fully saturated rings. The van der Waals surface area contributed by atoms with Crippen molar-refractivity contribution < 1.29 is 18.5 Å². The van der Waals surface area contributed by atoms with Crippen LogP contribution in [0.25, 0.3) is 11.4 Å². The van der Waals surface area contributed by atoms with Gasteiger partial charge in [0.25, 0.3) is 0 Å². The first-order valence-electron chi connectivity index (χ1n) is 11.4. The summed E-state index contributed by atoms with van der Waals surface area (Å²) in [5.41, 5.74) is 1.43. The summed E-state index contributed by atoms with van der Waals surface area (Å²) in [6.07, 6.45) is 2.53. The van der Waals surface area contributed by atoms with Gasteiger partial charge < -0.3 is 14.3 Å². The quantitative estimate of drug-likeness (QED) is 0.539. The fraction of sp³-hybridized carbons (Fsp3) is 0.360. The summed E-state index contributed by atoms with van der Waals surface area (Å²) in [7, 11) is 0. The highest BCUT2D eigenvalue weighted by Gasteiger charge is 2.38. The zero-order valence-electron chi connectivity index (χ0n) is 18.5. The molecule has 3 aromatic rings. The van der Waals surface area contributed by atoms with Gasteiger partial charge in [0.05, 0.1) is 5.92 Å². The third-order valence-electron chi connectivity index (χ3n) is 6.55. The van der Waals surface area contributed by atoms with E-state index in [-0.39, 0.29) is 30.0 Å². The molecule has 2 aliphatic heterocycles. The molecule has 1 atom stereocenters. The van der Waals surface area contributed by atoms with Gasteiger partial charge in [-0.15, -0.1) is 0 Å². The van der Waals surface area contributed by atoms with Gasteiger partial charge in [-0.25, -0.2) is 4.39 Å². The Hall–Kier alpha value is -3.26. The molecule has 2 aromatic carbocycles. The number of likely N-dealkylation sites (tertiary alicyclic amines) is 1. The van der Waals surface area contributed by atoms with Crippen molar-refractivity contribution in [2.75, 3.05) is 24.5 Å². The summed E-state index contributed by atoms with van der Waals surface area (Å²) in [6.45, 7) is 1.67. The van der Waals surface area contributed by atoms with Crippen LogP contribution in [0.5, 0.6) is 0 Å². The van der Waals surface area contributed by atoms with Gasteiger partial charge in [-0.1, -0.05) is 22.8 Å². The molecular weight excluding hydrogens is 459 g/mol. The van der Waals surface area contributed by atoms with Crippen molar-refractivity contribution in [3.63, 3.8) is 0 Å². The van der Waals surface area contributed by atoms with Gasteiger partial charge in [0, 0.05) is 48.7 Å². The molecule has 0 aliphatic carbocycles. The molecule has 3 heterocycles. The number of piperidine rings is 1. The van der Waals surface area contributed by atoms with Gasteiger partial charge in [-0.05, 0) is 61.2 Å². The van der Waals surface area contributed by atoms with Gasteiger partial charge in [0.2, 0.25) is 23.5 Å². The Labute approximate surface area is 201 Å². The summed E-state index contributed by atoms with van der Waals surface area (Å²) >= 11 is 6.06. The van der Waals surface area contributed by atoms with Crippen LogP contribution < -0.4 is 4.90 Å². The SMILES string of the molecule is O=C(C1CC(=O)N(c2cccc(Cl)c2)C1)N1CCC(Cc2nc(-c3ccc(F)cc3)no2)CC1. The van der Waals surface area contributed by atoms with Crippen LogP contribution in [0.15, 0.2) is 53.1 Å². The molecule has 0 radical (unpaired) electrons. The van der Waals surface area contributed by atoms with E-state index in [0.29, 0.717) is 54.3 Å². The van der Waals surface area contributed by atoms with E-state index < -0.39 is 0 Å². The molecule has 34 heavy (non-hydrogen) atoms. The first-order chi connectivity index (χ1) is 16.5. The van der Waals surface area contributed by atoms with Gasteiger partial charge in [0.1, 0.15) is 5.82 Å². The van der Waals surface area contributed by atoms with Crippen molar-refractivity contribution >= 4 is 29.1 Å². The monoisotopic (exact) mass is 482 g/mol. The molecule has 176 valence electrons. The van der Waals surface area contributed by atoms with E-state index in [4.69, 9.17) is 16.1 Å². The topological polar surface area (TPSA) is 79.5 Å². The van der Waals surface area contributed by atoms with Gasteiger partial charge in [0.15, 0.2) is 0 Å². The maximum atomic E-state index is 13.1.